The molecule has 2 aromatic rings. The van der Waals surface area contributed by atoms with Gasteiger partial charge in [-0.2, -0.15) is 0 Å². The van der Waals surface area contributed by atoms with Gasteiger partial charge >= 0.3 is 0 Å². The quantitative estimate of drug-likeness (QED) is 0.864. The molecule has 1 fully saturated rings. The van der Waals surface area contributed by atoms with Crippen LogP contribution in [0.2, 0.25) is 0 Å². The molecular formula is C17H19NO2S. The summed E-state index contributed by atoms with van der Waals surface area (Å²) >= 11 is 1.51. The van der Waals surface area contributed by atoms with E-state index in [2.05, 4.69) is 19.1 Å². The first kappa shape index (κ1) is 14.1. The smallest absolute Gasteiger partial charge is 0.263 e. The Bertz CT molecular complexity index is 584. The largest absolute Gasteiger partial charge is 0.490 e. The minimum atomic E-state index is 0.152. The molecule has 1 aliphatic heterocycles. The molecule has 0 radical (unpaired) electrons. The highest BCUT2D eigenvalue weighted by Gasteiger charge is 2.25. The molecule has 0 aliphatic carbocycles. The Balaban J connectivity index is 1.53. The number of piperidine rings is 1. The average molecular weight is 301 g/mol. The highest BCUT2D eigenvalue weighted by Crippen LogP contribution is 2.21. The zero-order valence-electron chi connectivity index (χ0n) is 12.1. The molecule has 0 spiro atoms. The van der Waals surface area contributed by atoms with Crippen LogP contribution in [0.1, 0.15) is 28.1 Å². The van der Waals surface area contributed by atoms with Crippen LogP contribution in [0.5, 0.6) is 5.75 Å². The summed E-state index contributed by atoms with van der Waals surface area (Å²) < 4.78 is 5.99. The van der Waals surface area contributed by atoms with Gasteiger partial charge in [0.25, 0.3) is 5.91 Å². The van der Waals surface area contributed by atoms with Crippen LogP contribution < -0.4 is 4.74 Å². The van der Waals surface area contributed by atoms with Crippen molar-refractivity contribution in [1.82, 2.24) is 4.90 Å². The summed E-state index contributed by atoms with van der Waals surface area (Å²) in [5.41, 5.74) is 1.23. The lowest BCUT2D eigenvalue weighted by Gasteiger charge is -2.32. The first-order chi connectivity index (χ1) is 10.2. The topological polar surface area (TPSA) is 29.5 Å². The fourth-order valence-electron chi connectivity index (χ4n) is 2.54. The lowest BCUT2D eigenvalue weighted by Crippen LogP contribution is -2.41. The van der Waals surface area contributed by atoms with Crippen LogP contribution >= 0.6 is 11.3 Å². The SMILES string of the molecule is Cc1ccc(OC2CCN(C(=O)c3cccs3)CC2)cc1. The second kappa shape index (κ2) is 6.31. The Labute approximate surface area is 129 Å². The molecule has 0 atom stereocenters. The number of ether oxygens (including phenoxy) is 1. The van der Waals surface area contributed by atoms with Gasteiger partial charge < -0.3 is 9.64 Å². The van der Waals surface area contributed by atoms with Gasteiger partial charge in [-0.15, -0.1) is 11.3 Å². The Morgan fingerprint density at radius 1 is 1.19 bits per heavy atom. The van der Waals surface area contributed by atoms with Gasteiger partial charge in [0.15, 0.2) is 0 Å². The lowest BCUT2D eigenvalue weighted by molar-refractivity contribution is 0.0600. The number of aryl methyl sites for hydroxylation is 1. The monoisotopic (exact) mass is 301 g/mol. The molecule has 3 rings (SSSR count). The minimum absolute atomic E-state index is 0.152. The highest BCUT2D eigenvalue weighted by molar-refractivity contribution is 7.12. The van der Waals surface area contributed by atoms with Crippen LogP contribution in [-0.2, 0) is 0 Å². The summed E-state index contributed by atoms with van der Waals surface area (Å²) in [6, 6.07) is 12.0. The number of hydrogen-bond donors (Lipinski definition) is 0. The Kier molecular flexibility index (Phi) is 4.25. The van der Waals surface area contributed by atoms with E-state index in [9.17, 15) is 4.79 Å². The Morgan fingerprint density at radius 3 is 2.52 bits per heavy atom. The van der Waals surface area contributed by atoms with Crippen molar-refractivity contribution in [1.29, 1.82) is 0 Å². The summed E-state index contributed by atoms with van der Waals surface area (Å²) in [6.07, 6.45) is 2.00. The van der Waals surface area contributed by atoms with Gasteiger partial charge in [-0.1, -0.05) is 23.8 Å². The van der Waals surface area contributed by atoms with Gasteiger partial charge in [-0.3, -0.25) is 4.79 Å². The van der Waals surface area contributed by atoms with Crippen molar-refractivity contribution in [2.45, 2.75) is 25.9 Å². The Hall–Kier alpha value is -1.81. The number of hydrogen-bond acceptors (Lipinski definition) is 3. The normalized spacial score (nSPS) is 16.0. The van der Waals surface area contributed by atoms with Crippen molar-refractivity contribution in [3.63, 3.8) is 0 Å². The van der Waals surface area contributed by atoms with Crippen LogP contribution in [0.4, 0.5) is 0 Å². The fourth-order valence-corrected chi connectivity index (χ4v) is 3.23. The third-order valence-corrected chi connectivity index (χ3v) is 4.64. The number of carbonyl (C=O) groups excluding carboxylic acids is 1. The zero-order valence-corrected chi connectivity index (χ0v) is 12.9. The van der Waals surface area contributed by atoms with E-state index in [4.69, 9.17) is 4.74 Å². The molecule has 0 bridgehead atoms. The van der Waals surface area contributed by atoms with Gasteiger partial charge in [0, 0.05) is 25.9 Å². The third-order valence-electron chi connectivity index (χ3n) is 3.78. The molecule has 0 N–H and O–H groups in total. The maximum atomic E-state index is 12.3. The average Bonchev–Trinajstić information content (AvgIpc) is 3.04. The van der Waals surface area contributed by atoms with E-state index in [0.717, 1.165) is 36.6 Å². The molecule has 1 aromatic heterocycles. The number of rotatable bonds is 3. The van der Waals surface area contributed by atoms with E-state index < -0.39 is 0 Å². The molecule has 1 amide bonds. The molecule has 2 heterocycles. The summed E-state index contributed by atoms with van der Waals surface area (Å²) in [7, 11) is 0. The van der Waals surface area contributed by atoms with Crippen LogP contribution in [0.3, 0.4) is 0 Å². The molecule has 1 aliphatic rings. The number of likely N-dealkylation sites (tertiary alicyclic amines) is 1. The van der Waals surface area contributed by atoms with Gasteiger partial charge in [-0.05, 0) is 30.5 Å². The third kappa shape index (κ3) is 3.45. The summed E-state index contributed by atoms with van der Waals surface area (Å²) in [5, 5.41) is 1.94. The van der Waals surface area contributed by atoms with E-state index in [-0.39, 0.29) is 12.0 Å². The Morgan fingerprint density at radius 2 is 1.90 bits per heavy atom. The van der Waals surface area contributed by atoms with Crippen LogP contribution in [0.15, 0.2) is 41.8 Å². The zero-order chi connectivity index (χ0) is 14.7. The minimum Gasteiger partial charge on any atom is -0.490 e. The number of amides is 1. The highest BCUT2D eigenvalue weighted by atomic mass is 32.1. The molecule has 1 saturated heterocycles. The number of thiophene rings is 1. The van der Waals surface area contributed by atoms with Crippen molar-refractivity contribution >= 4 is 17.2 Å². The molecule has 21 heavy (non-hydrogen) atoms. The fraction of sp³-hybridized carbons (Fsp3) is 0.353. The molecule has 3 nitrogen and oxygen atoms in total. The predicted octanol–water partition coefficient (Wildman–Crippen LogP) is 3.74. The molecule has 110 valence electrons. The summed E-state index contributed by atoms with van der Waals surface area (Å²) in [6.45, 7) is 3.61. The molecule has 4 heteroatoms. The van der Waals surface area contributed by atoms with Gasteiger partial charge in [0.05, 0.1) is 4.88 Å². The van der Waals surface area contributed by atoms with Crippen molar-refractivity contribution in [2.75, 3.05) is 13.1 Å². The molecule has 0 unspecified atom stereocenters. The van der Waals surface area contributed by atoms with Crippen LogP contribution in [0, 0.1) is 6.92 Å². The van der Waals surface area contributed by atoms with Crippen LogP contribution in [0.25, 0.3) is 0 Å². The predicted molar refractivity (Wildman–Crippen MR) is 85.1 cm³/mol. The summed E-state index contributed by atoms with van der Waals surface area (Å²) in [4.78, 5) is 15.0. The van der Waals surface area contributed by atoms with Crippen LogP contribution in [-0.4, -0.2) is 30.0 Å². The van der Waals surface area contributed by atoms with E-state index in [0.29, 0.717) is 0 Å². The summed E-state index contributed by atoms with van der Waals surface area (Å²) in [5.74, 6) is 1.07. The molecule has 1 aromatic carbocycles. The van der Waals surface area contributed by atoms with Crippen molar-refractivity contribution in [3.8, 4) is 5.75 Å². The number of carbonyl (C=O) groups is 1. The number of nitrogens with zero attached hydrogens (tertiary/aromatic N) is 1. The first-order valence-corrected chi connectivity index (χ1v) is 8.16. The first-order valence-electron chi connectivity index (χ1n) is 7.28. The second-order valence-electron chi connectivity index (χ2n) is 5.40. The molecular weight excluding hydrogens is 282 g/mol. The van der Waals surface area contributed by atoms with Crippen molar-refractivity contribution in [2.24, 2.45) is 0 Å². The van der Waals surface area contributed by atoms with Gasteiger partial charge in [-0.25, -0.2) is 0 Å². The van der Waals surface area contributed by atoms with E-state index >= 15 is 0 Å². The maximum Gasteiger partial charge on any atom is 0.263 e. The van der Waals surface area contributed by atoms with E-state index in [1.165, 1.54) is 16.9 Å². The van der Waals surface area contributed by atoms with E-state index in [1.807, 2.05) is 34.5 Å². The van der Waals surface area contributed by atoms with Gasteiger partial charge in [0.1, 0.15) is 11.9 Å². The number of benzene rings is 1. The maximum absolute atomic E-state index is 12.3. The molecule has 0 saturated carbocycles. The van der Waals surface area contributed by atoms with Crippen molar-refractivity contribution in [3.05, 3.63) is 52.2 Å². The lowest BCUT2D eigenvalue weighted by atomic mass is 10.1. The van der Waals surface area contributed by atoms with Gasteiger partial charge in [0.2, 0.25) is 0 Å². The standard InChI is InChI=1S/C17H19NO2S/c1-13-4-6-14(7-5-13)20-15-8-10-18(11-9-15)17(19)16-3-2-12-21-16/h2-7,12,15H,8-11H2,1H3. The van der Waals surface area contributed by atoms with Crippen molar-refractivity contribution < 1.29 is 9.53 Å². The van der Waals surface area contributed by atoms with E-state index in [1.54, 1.807) is 0 Å². The second-order valence-corrected chi connectivity index (χ2v) is 6.35.